The van der Waals surface area contributed by atoms with E-state index in [1.165, 1.54) is 16.8 Å². The Morgan fingerprint density at radius 1 is 1.14 bits per heavy atom. The van der Waals surface area contributed by atoms with E-state index in [9.17, 15) is 54.8 Å². The number of fused-ring (bicyclic) bond motifs is 1. The molecule has 1 saturated carbocycles. The topological polar surface area (TPSA) is 173 Å². The van der Waals surface area contributed by atoms with Crippen LogP contribution in [0.4, 0.5) is 32.0 Å². The van der Waals surface area contributed by atoms with Crippen molar-refractivity contribution in [1.29, 1.82) is 5.26 Å². The number of nitriles is 1. The number of nitrogens with one attached hydrogen (secondary N) is 1. The van der Waals surface area contributed by atoms with E-state index in [2.05, 4.69) is 19.3 Å². The molecule has 21 heteroatoms. The summed E-state index contributed by atoms with van der Waals surface area (Å²) in [5, 5.41) is 34.5. The molecule has 3 N–H and O–H groups in total. The molecule has 0 spiro atoms. The first-order valence-corrected chi connectivity index (χ1v) is 16.8. The Kier molecular flexibility index (Phi) is 10.2. The zero-order chi connectivity index (χ0) is 32.7. The smallest absolute Gasteiger partial charge is 0.387 e. The van der Waals surface area contributed by atoms with Gasteiger partial charge in [-0.05, 0) is 18.9 Å². The van der Waals surface area contributed by atoms with Crippen LogP contribution in [0.2, 0.25) is 5.15 Å². The van der Waals surface area contributed by atoms with E-state index >= 15 is 0 Å². The predicted octanol–water partition coefficient (Wildman–Crippen LogP) is 4.26. The molecule has 0 amide bonds. The number of nitrogens with zero attached hydrogens (tertiary/aromatic N) is 3. The summed E-state index contributed by atoms with van der Waals surface area (Å²) in [6.07, 6.45) is -12.4. The summed E-state index contributed by atoms with van der Waals surface area (Å²) in [7, 11) is -10.5. The lowest BCUT2D eigenvalue weighted by molar-refractivity contribution is -0.165. The second-order valence-electron chi connectivity index (χ2n) is 10.3. The monoisotopic (exact) mass is 698 g/mol. The van der Waals surface area contributed by atoms with Crippen molar-refractivity contribution in [2.24, 2.45) is 0 Å². The number of hydrogen-bond donors (Lipinski definition) is 3. The zero-order valence-corrected chi connectivity index (χ0v) is 24.9. The summed E-state index contributed by atoms with van der Waals surface area (Å²) in [6.45, 7) is -4.72. The SMILES string of the molecule is N#Cc1c(Cl)nc2c(ccn2[C@@H]2O[C@H](CS(=O)(=O)CP(=O)(OCC(F)(F)F)OCC(F)(F)F)[C@@H](O)[C@H]2O)c1NC1CCCC1. The van der Waals surface area contributed by atoms with Crippen LogP contribution < -0.4 is 5.32 Å². The molecule has 2 fully saturated rings. The van der Waals surface area contributed by atoms with Gasteiger partial charge in [0.1, 0.15) is 35.6 Å². The molecule has 4 rings (SSSR count). The van der Waals surface area contributed by atoms with Crippen molar-refractivity contribution in [2.75, 3.05) is 29.8 Å². The molecule has 4 atom stereocenters. The minimum atomic E-state index is -5.54. The van der Waals surface area contributed by atoms with E-state index in [0.717, 1.165) is 25.7 Å². The van der Waals surface area contributed by atoms with Gasteiger partial charge in [-0.15, -0.1) is 0 Å². The van der Waals surface area contributed by atoms with Gasteiger partial charge in [-0.2, -0.15) is 31.6 Å². The molecule has 0 aromatic carbocycles. The molecule has 0 unspecified atom stereocenters. The molecule has 0 bridgehead atoms. The van der Waals surface area contributed by atoms with E-state index in [4.69, 9.17) is 16.3 Å². The van der Waals surface area contributed by atoms with E-state index in [1.807, 2.05) is 6.07 Å². The van der Waals surface area contributed by atoms with Crippen LogP contribution in [-0.2, 0) is 28.2 Å². The number of aromatic nitrogens is 2. The maximum atomic E-state index is 12.8. The van der Waals surface area contributed by atoms with Crippen molar-refractivity contribution in [3.8, 4) is 6.07 Å². The molecule has 246 valence electrons. The third-order valence-corrected chi connectivity index (χ3v) is 11.9. The third-order valence-electron chi connectivity index (χ3n) is 6.87. The fourth-order valence-electron chi connectivity index (χ4n) is 4.97. The quantitative estimate of drug-likeness (QED) is 0.174. The largest absolute Gasteiger partial charge is 0.412 e. The fraction of sp³-hybridized carbons (Fsp3) is 0.652. The maximum Gasteiger partial charge on any atom is 0.412 e. The number of anilines is 1. The minimum absolute atomic E-state index is 0.0491. The second kappa shape index (κ2) is 12.9. The number of aliphatic hydroxyl groups is 2. The van der Waals surface area contributed by atoms with Crippen LogP contribution in [0, 0.1) is 11.3 Å². The van der Waals surface area contributed by atoms with Crippen molar-refractivity contribution >= 4 is 45.8 Å². The van der Waals surface area contributed by atoms with Crippen LogP contribution in [0.25, 0.3) is 11.0 Å². The number of pyridine rings is 1. The summed E-state index contributed by atoms with van der Waals surface area (Å²) >= 11 is 6.27. The summed E-state index contributed by atoms with van der Waals surface area (Å²) in [4.78, 5) is 4.20. The van der Waals surface area contributed by atoms with Crippen molar-refractivity contribution < 1.29 is 63.3 Å². The number of ether oxygens (including phenoxy) is 1. The highest BCUT2D eigenvalue weighted by Crippen LogP contribution is 2.52. The first-order chi connectivity index (χ1) is 20.3. The van der Waals surface area contributed by atoms with Gasteiger partial charge in [0.15, 0.2) is 39.9 Å². The third kappa shape index (κ3) is 8.35. The van der Waals surface area contributed by atoms with Gasteiger partial charge in [0.2, 0.25) is 0 Å². The highest BCUT2D eigenvalue weighted by atomic mass is 35.5. The van der Waals surface area contributed by atoms with Gasteiger partial charge >= 0.3 is 19.9 Å². The van der Waals surface area contributed by atoms with Gasteiger partial charge in [0, 0.05) is 17.6 Å². The van der Waals surface area contributed by atoms with Crippen molar-refractivity contribution in [1.82, 2.24) is 9.55 Å². The molecule has 12 nitrogen and oxygen atoms in total. The van der Waals surface area contributed by atoms with Gasteiger partial charge in [-0.1, -0.05) is 24.4 Å². The lowest BCUT2D eigenvalue weighted by atomic mass is 10.1. The normalized spacial score (nSPS) is 23.8. The van der Waals surface area contributed by atoms with E-state index in [-0.39, 0.29) is 22.4 Å². The molecule has 2 aromatic rings. The molecule has 2 aromatic heterocycles. The van der Waals surface area contributed by atoms with Gasteiger partial charge in [-0.3, -0.25) is 13.6 Å². The molecule has 44 heavy (non-hydrogen) atoms. The number of aliphatic hydroxyl groups excluding tert-OH is 2. The van der Waals surface area contributed by atoms with Gasteiger partial charge in [0.25, 0.3) is 0 Å². The molecule has 2 aliphatic rings. The average Bonchev–Trinajstić information content (AvgIpc) is 3.62. The lowest BCUT2D eigenvalue weighted by Gasteiger charge is -2.21. The summed E-state index contributed by atoms with van der Waals surface area (Å²) in [5.41, 5.74) is -1.39. The molecular weight excluding hydrogens is 673 g/mol. The first kappa shape index (κ1) is 34.7. The number of sulfone groups is 1. The Bertz CT molecular complexity index is 1540. The molecular formula is C23H26ClF6N4O8PS. The van der Waals surface area contributed by atoms with Crippen LogP contribution >= 0.6 is 19.2 Å². The molecule has 1 aliphatic carbocycles. The molecule has 1 saturated heterocycles. The summed E-state index contributed by atoms with van der Waals surface area (Å²) < 4.78 is 129. The summed E-state index contributed by atoms with van der Waals surface area (Å²) in [5.74, 6) is -1.29. The first-order valence-electron chi connectivity index (χ1n) is 12.9. The maximum absolute atomic E-state index is 12.8. The summed E-state index contributed by atoms with van der Waals surface area (Å²) in [6, 6.07) is 3.56. The Labute approximate surface area is 251 Å². The number of rotatable bonds is 11. The number of alkyl halides is 6. The molecule has 3 heterocycles. The Hall–Kier alpha value is -2.17. The Morgan fingerprint density at radius 2 is 1.73 bits per heavy atom. The van der Waals surface area contributed by atoms with Crippen LogP contribution in [0.5, 0.6) is 0 Å². The fourth-order valence-corrected chi connectivity index (χ4v) is 9.66. The van der Waals surface area contributed by atoms with Gasteiger partial charge in [-0.25, -0.2) is 13.4 Å². The molecule has 1 aliphatic heterocycles. The number of halogens is 7. The average molecular weight is 699 g/mol. The minimum Gasteiger partial charge on any atom is -0.387 e. The Morgan fingerprint density at radius 3 is 2.27 bits per heavy atom. The van der Waals surface area contributed by atoms with Crippen LogP contribution in [0.3, 0.4) is 0 Å². The zero-order valence-electron chi connectivity index (χ0n) is 22.4. The van der Waals surface area contributed by atoms with Gasteiger partial charge < -0.3 is 24.8 Å². The standard InChI is InChI=1S/C23H26ClF6N4O8PS/c24-19-14(7-31)16(32-12-3-1-2-4-12)13-5-6-34(20(13)33-19)21-18(36)17(35)15(42-21)8-44(38,39)11-43(37,40-9-22(25,26)27)41-10-23(28,29)30/h5-6,12,15,17-18,21,35-36H,1-4,8-11H2,(H,32,33)/t15-,17-,18-,21-/m1/s1. The van der Waals surface area contributed by atoms with E-state index in [1.54, 1.807) is 0 Å². The van der Waals surface area contributed by atoms with Crippen LogP contribution in [-0.4, -0.2) is 89.3 Å². The molecule has 0 radical (unpaired) electrons. The lowest BCUT2D eigenvalue weighted by Crippen LogP contribution is -2.36. The van der Waals surface area contributed by atoms with Crippen molar-refractivity contribution in [2.45, 2.75) is 68.6 Å². The number of hydrogen-bond acceptors (Lipinski definition) is 11. The van der Waals surface area contributed by atoms with E-state index < -0.39 is 78.8 Å². The van der Waals surface area contributed by atoms with Crippen molar-refractivity contribution in [3.05, 3.63) is 23.0 Å². The van der Waals surface area contributed by atoms with Gasteiger partial charge in [0.05, 0.1) is 11.4 Å². The van der Waals surface area contributed by atoms with Crippen molar-refractivity contribution in [3.63, 3.8) is 0 Å². The van der Waals surface area contributed by atoms with Crippen LogP contribution in [0.15, 0.2) is 12.3 Å². The Balaban J connectivity index is 1.57. The van der Waals surface area contributed by atoms with E-state index in [0.29, 0.717) is 11.1 Å². The second-order valence-corrected chi connectivity index (χ2v) is 15.3. The predicted molar refractivity (Wildman–Crippen MR) is 142 cm³/mol. The highest BCUT2D eigenvalue weighted by Gasteiger charge is 2.48. The highest BCUT2D eigenvalue weighted by molar-refractivity contribution is 7.97. The van der Waals surface area contributed by atoms with Crippen LogP contribution in [0.1, 0.15) is 37.5 Å².